The van der Waals surface area contributed by atoms with E-state index in [9.17, 15) is 0 Å². The number of morpholine rings is 1. The number of aliphatic imine (C=N–C) groups is 1. The molecule has 9 heteroatoms. The number of benzene rings is 1. The molecule has 0 amide bonds. The number of nitrogens with zero attached hydrogens (tertiary/aromatic N) is 3. The molecule has 1 aromatic heterocycles. The molecule has 0 saturated carbocycles. The minimum atomic E-state index is 0. The molecule has 32 heavy (non-hydrogen) atoms. The van der Waals surface area contributed by atoms with Gasteiger partial charge in [0.15, 0.2) is 5.96 Å². The standard InChI is InChI=1S/C23H33N5O3.HI/c1-2-15-30-20-6-8-21(9-7-20)31-22-19(5-3-10-25-22)18-27-23(24)26-11-4-12-28-13-16-29-17-14-28;/h3,5-10H,2,4,11-18H2,1H3,(H3,24,26,27);1H. The maximum Gasteiger partial charge on any atom is 0.224 e. The van der Waals surface area contributed by atoms with Gasteiger partial charge in [-0.05, 0) is 49.7 Å². The highest BCUT2D eigenvalue weighted by atomic mass is 127. The highest BCUT2D eigenvalue weighted by Gasteiger charge is 2.09. The van der Waals surface area contributed by atoms with Crippen molar-refractivity contribution in [3.05, 3.63) is 48.2 Å². The lowest BCUT2D eigenvalue weighted by molar-refractivity contribution is 0.0376. The smallest absolute Gasteiger partial charge is 0.224 e. The Morgan fingerprint density at radius 1 is 1.19 bits per heavy atom. The third-order valence-electron chi connectivity index (χ3n) is 4.84. The van der Waals surface area contributed by atoms with Crippen molar-refractivity contribution >= 4 is 29.9 Å². The molecule has 0 spiro atoms. The van der Waals surface area contributed by atoms with Crippen molar-refractivity contribution in [2.45, 2.75) is 26.3 Å². The number of ether oxygens (including phenoxy) is 3. The Labute approximate surface area is 207 Å². The summed E-state index contributed by atoms with van der Waals surface area (Å²) in [6.45, 7) is 8.64. The summed E-state index contributed by atoms with van der Waals surface area (Å²) in [7, 11) is 0. The van der Waals surface area contributed by atoms with Crippen molar-refractivity contribution in [1.29, 1.82) is 0 Å². The average molecular weight is 555 g/mol. The zero-order valence-electron chi connectivity index (χ0n) is 18.7. The van der Waals surface area contributed by atoms with E-state index in [4.69, 9.17) is 19.9 Å². The fraction of sp³-hybridized carbons (Fsp3) is 0.478. The summed E-state index contributed by atoms with van der Waals surface area (Å²) in [5.41, 5.74) is 6.90. The van der Waals surface area contributed by atoms with Crippen molar-refractivity contribution in [3.63, 3.8) is 0 Å². The summed E-state index contributed by atoms with van der Waals surface area (Å²) in [5.74, 6) is 2.47. The molecule has 8 nitrogen and oxygen atoms in total. The van der Waals surface area contributed by atoms with Crippen molar-refractivity contribution < 1.29 is 14.2 Å². The quantitative estimate of drug-likeness (QED) is 0.190. The number of nitrogens with one attached hydrogen (secondary N) is 1. The second-order valence-electron chi connectivity index (χ2n) is 7.33. The van der Waals surface area contributed by atoms with Crippen LogP contribution in [0.5, 0.6) is 17.4 Å². The van der Waals surface area contributed by atoms with Crippen molar-refractivity contribution in [1.82, 2.24) is 15.2 Å². The van der Waals surface area contributed by atoms with Crippen LogP contribution >= 0.6 is 24.0 Å². The molecule has 0 unspecified atom stereocenters. The molecular weight excluding hydrogens is 521 g/mol. The van der Waals surface area contributed by atoms with Gasteiger partial charge in [0.2, 0.25) is 5.88 Å². The van der Waals surface area contributed by atoms with Gasteiger partial charge in [0.05, 0.1) is 26.4 Å². The van der Waals surface area contributed by atoms with Gasteiger partial charge in [-0.3, -0.25) is 4.90 Å². The van der Waals surface area contributed by atoms with E-state index < -0.39 is 0 Å². The Morgan fingerprint density at radius 3 is 2.69 bits per heavy atom. The number of hydrogen-bond donors (Lipinski definition) is 2. The molecule has 2 heterocycles. The van der Waals surface area contributed by atoms with Crippen LogP contribution in [-0.2, 0) is 11.3 Å². The highest BCUT2D eigenvalue weighted by Crippen LogP contribution is 2.25. The Morgan fingerprint density at radius 2 is 1.94 bits per heavy atom. The van der Waals surface area contributed by atoms with Crippen LogP contribution in [0.2, 0.25) is 0 Å². The highest BCUT2D eigenvalue weighted by molar-refractivity contribution is 14.0. The van der Waals surface area contributed by atoms with Crippen molar-refractivity contribution in [2.75, 3.05) is 46.0 Å². The second kappa shape index (κ2) is 14.9. The van der Waals surface area contributed by atoms with E-state index in [2.05, 4.69) is 27.1 Å². The molecule has 0 atom stereocenters. The van der Waals surface area contributed by atoms with Crippen LogP contribution in [0.4, 0.5) is 0 Å². The fourth-order valence-corrected chi connectivity index (χ4v) is 3.14. The molecule has 1 aromatic carbocycles. The monoisotopic (exact) mass is 555 g/mol. The van der Waals surface area contributed by atoms with E-state index in [0.29, 0.717) is 30.7 Å². The summed E-state index contributed by atoms with van der Waals surface area (Å²) in [4.78, 5) is 11.2. The van der Waals surface area contributed by atoms with Crippen LogP contribution in [-0.4, -0.2) is 61.8 Å². The molecule has 3 N–H and O–H groups in total. The molecule has 176 valence electrons. The van der Waals surface area contributed by atoms with Gasteiger partial charge in [-0.25, -0.2) is 9.98 Å². The molecule has 1 fully saturated rings. The molecule has 0 radical (unpaired) electrons. The fourth-order valence-electron chi connectivity index (χ4n) is 3.14. The normalized spacial score (nSPS) is 14.5. The largest absolute Gasteiger partial charge is 0.494 e. The summed E-state index contributed by atoms with van der Waals surface area (Å²) in [6, 6.07) is 11.3. The molecule has 1 aliphatic heterocycles. The van der Waals surface area contributed by atoms with Crippen LogP contribution in [0.15, 0.2) is 47.6 Å². The predicted octanol–water partition coefficient (Wildman–Crippen LogP) is 3.41. The number of pyridine rings is 1. The van der Waals surface area contributed by atoms with Crippen molar-refractivity contribution in [2.24, 2.45) is 10.7 Å². The summed E-state index contributed by atoms with van der Waals surface area (Å²) in [6.07, 6.45) is 3.69. The van der Waals surface area contributed by atoms with E-state index >= 15 is 0 Å². The minimum absolute atomic E-state index is 0. The molecule has 1 aliphatic rings. The molecular formula is C23H34IN5O3. The Hall–Kier alpha value is -2.11. The van der Waals surface area contributed by atoms with E-state index in [-0.39, 0.29) is 24.0 Å². The number of hydrogen-bond acceptors (Lipinski definition) is 6. The van der Waals surface area contributed by atoms with Crippen molar-refractivity contribution in [3.8, 4) is 17.4 Å². The van der Waals surface area contributed by atoms with Crippen LogP contribution in [0.1, 0.15) is 25.3 Å². The predicted molar refractivity (Wildman–Crippen MR) is 137 cm³/mol. The summed E-state index contributed by atoms with van der Waals surface area (Å²) < 4.78 is 16.9. The Kier molecular flexibility index (Phi) is 12.1. The average Bonchev–Trinajstić information content (AvgIpc) is 2.81. The first kappa shape index (κ1) is 26.1. The topological polar surface area (TPSA) is 94.2 Å². The number of halogens is 1. The molecule has 0 aliphatic carbocycles. The maximum atomic E-state index is 6.03. The van der Waals surface area contributed by atoms with Gasteiger partial charge in [-0.2, -0.15) is 0 Å². The van der Waals surface area contributed by atoms with Crippen LogP contribution in [0.25, 0.3) is 0 Å². The lowest BCUT2D eigenvalue weighted by atomic mass is 10.2. The van der Waals surface area contributed by atoms with Gasteiger partial charge < -0.3 is 25.3 Å². The van der Waals surface area contributed by atoms with Gasteiger partial charge in [0.1, 0.15) is 11.5 Å². The van der Waals surface area contributed by atoms with Crippen LogP contribution in [0.3, 0.4) is 0 Å². The number of rotatable bonds is 11. The first-order valence-electron chi connectivity index (χ1n) is 10.9. The third-order valence-corrected chi connectivity index (χ3v) is 4.84. The molecule has 3 rings (SSSR count). The minimum Gasteiger partial charge on any atom is -0.494 e. The summed E-state index contributed by atoms with van der Waals surface area (Å²) >= 11 is 0. The van der Waals surface area contributed by atoms with Gasteiger partial charge in [0, 0.05) is 31.4 Å². The maximum absolute atomic E-state index is 6.03. The summed E-state index contributed by atoms with van der Waals surface area (Å²) in [5, 5.41) is 3.18. The van der Waals surface area contributed by atoms with Gasteiger partial charge >= 0.3 is 0 Å². The molecule has 0 bridgehead atoms. The van der Waals surface area contributed by atoms with Crippen LogP contribution < -0.4 is 20.5 Å². The first-order valence-corrected chi connectivity index (χ1v) is 10.9. The number of guanidine groups is 1. The number of nitrogens with two attached hydrogens (primary N) is 1. The molecule has 1 saturated heterocycles. The SMILES string of the molecule is CCCOc1ccc(Oc2ncccc2CN=C(N)NCCCN2CCOCC2)cc1.I. The van der Waals surface area contributed by atoms with E-state index in [1.807, 2.05) is 36.4 Å². The van der Waals surface area contributed by atoms with E-state index in [1.165, 1.54) is 0 Å². The zero-order chi connectivity index (χ0) is 21.7. The Bertz CT molecular complexity index is 814. The van der Waals surface area contributed by atoms with E-state index in [1.54, 1.807) is 6.20 Å². The lowest BCUT2D eigenvalue weighted by Gasteiger charge is -2.26. The lowest BCUT2D eigenvalue weighted by Crippen LogP contribution is -2.39. The zero-order valence-corrected chi connectivity index (χ0v) is 21.0. The van der Waals surface area contributed by atoms with Crippen LogP contribution in [0, 0.1) is 0 Å². The first-order chi connectivity index (χ1) is 15.2. The molecule has 2 aromatic rings. The third kappa shape index (κ3) is 9.17. The Balaban J connectivity index is 0.00000363. The van der Waals surface area contributed by atoms with Gasteiger partial charge in [-0.1, -0.05) is 13.0 Å². The van der Waals surface area contributed by atoms with E-state index in [0.717, 1.165) is 63.5 Å². The number of aromatic nitrogens is 1. The van der Waals surface area contributed by atoms with Gasteiger partial charge in [-0.15, -0.1) is 24.0 Å². The van der Waals surface area contributed by atoms with Gasteiger partial charge in [0.25, 0.3) is 0 Å². The second-order valence-corrected chi connectivity index (χ2v) is 7.33.